The lowest BCUT2D eigenvalue weighted by Crippen LogP contribution is -2.75. The quantitative estimate of drug-likeness (QED) is 0.286. The van der Waals surface area contributed by atoms with E-state index in [1.165, 1.54) is 13.4 Å². The van der Waals surface area contributed by atoms with Gasteiger partial charge in [-0.2, -0.15) is 0 Å². The third-order valence-corrected chi connectivity index (χ3v) is 11.1. The molecule has 2 aromatic rings. The van der Waals surface area contributed by atoms with Crippen LogP contribution in [-0.2, 0) is 28.6 Å². The molecule has 1 aromatic carbocycles. The molecule has 9 heteroatoms. The number of fused-ring (bicyclic) bond motifs is 5. The Hall–Kier alpha value is -3.72. The van der Waals surface area contributed by atoms with Gasteiger partial charge in [-0.25, -0.2) is 4.79 Å². The Kier molecular flexibility index (Phi) is 6.76. The highest BCUT2D eigenvalue weighted by atomic mass is 16.6. The van der Waals surface area contributed by atoms with Gasteiger partial charge in [-0.3, -0.25) is 14.4 Å². The van der Waals surface area contributed by atoms with Gasteiger partial charge in [0.05, 0.1) is 31.6 Å². The van der Waals surface area contributed by atoms with Gasteiger partial charge in [0.1, 0.15) is 12.2 Å². The number of cyclic esters (lactones) is 1. The van der Waals surface area contributed by atoms with Crippen molar-refractivity contribution in [3.05, 3.63) is 71.2 Å². The molecule has 1 aliphatic heterocycles. The third kappa shape index (κ3) is 4.14. The number of Topliss-reactive ketones (excluding diaryl/α,β-unsaturated/α-hetero) is 1. The Balaban J connectivity index is 1.53. The molecule has 2 heterocycles. The van der Waals surface area contributed by atoms with Gasteiger partial charge >= 0.3 is 17.9 Å². The molecule has 3 aliphatic carbocycles. The van der Waals surface area contributed by atoms with Crippen LogP contribution in [0, 0.1) is 28.1 Å². The van der Waals surface area contributed by atoms with Gasteiger partial charge in [0.15, 0.2) is 11.4 Å². The van der Waals surface area contributed by atoms with Crippen LogP contribution in [0.25, 0.3) is 0 Å². The Labute approximate surface area is 250 Å². The minimum Gasteiger partial charge on any atom is -0.472 e. The molecule has 2 bridgehead atoms. The average molecular weight is 591 g/mol. The fourth-order valence-corrected chi connectivity index (χ4v) is 9.05. The van der Waals surface area contributed by atoms with Gasteiger partial charge < -0.3 is 23.7 Å². The minimum atomic E-state index is -2.08. The van der Waals surface area contributed by atoms with Gasteiger partial charge in [-0.1, -0.05) is 51.5 Å². The first-order chi connectivity index (χ1) is 20.3. The average Bonchev–Trinajstić information content (AvgIpc) is 3.52. The van der Waals surface area contributed by atoms with E-state index in [0.717, 1.165) is 16.7 Å². The summed E-state index contributed by atoms with van der Waals surface area (Å²) in [5.74, 6) is -2.98. The maximum absolute atomic E-state index is 14.6. The molecule has 9 nitrogen and oxygen atoms in total. The molecule has 1 aromatic heterocycles. The van der Waals surface area contributed by atoms with E-state index in [-0.39, 0.29) is 30.7 Å². The van der Waals surface area contributed by atoms with Crippen molar-refractivity contribution in [2.24, 2.45) is 28.1 Å². The normalized spacial score (nSPS) is 36.2. The Morgan fingerprint density at radius 2 is 1.79 bits per heavy atom. The highest BCUT2D eigenvalue weighted by Gasteiger charge is 2.74. The van der Waals surface area contributed by atoms with Crippen LogP contribution in [0.15, 0.2) is 64.5 Å². The van der Waals surface area contributed by atoms with Crippen molar-refractivity contribution in [2.45, 2.75) is 77.6 Å². The van der Waals surface area contributed by atoms with Crippen molar-refractivity contribution < 1.29 is 42.9 Å². The number of hydrogen-bond donors (Lipinski definition) is 1. The molecule has 1 saturated heterocycles. The largest absolute Gasteiger partial charge is 0.472 e. The number of rotatable bonds is 5. The van der Waals surface area contributed by atoms with Crippen LogP contribution < -0.4 is 0 Å². The second-order valence-corrected chi connectivity index (χ2v) is 13.6. The van der Waals surface area contributed by atoms with Crippen LogP contribution in [0.3, 0.4) is 0 Å². The maximum atomic E-state index is 14.6. The lowest BCUT2D eigenvalue weighted by atomic mass is 9.39. The molecule has 7 atom stereocenters. The van der Waals surface area contributed by atoms with Crippen molar-refractivity contribution >= 4 is 23.7 Å². The van der Waals surface area contributed by atoms with Crippen molar-refractivity contribution in [2.75, 3.05) is 7.11 Å². The number of methoxy groups -OCH3 is 1. The van der Waals surface area contributed by atoms with E-state index in [1.807, 2.05) is 20.8 Å². The van der Waals surface area contributed by atoms with E-state index in [4.69, 9.17) is 18.6 Å². The number of hydrogen-bond acceptors (Lipinski definition) is 9. The van der Waals surface area contributed by atoms with E-state index >= 15 is 0 Å². The maximum Gasteiger partial charge on any atom is 0.338 e. The monoisotopic (exact) mass is 590 g/mol. The number of ketones is 1. The molecule has 2 saturated carbocycles. The molecule has 0 amide bonds. The molecule has 4 aliphatic rings. The second-order valence-electron chi connectivity index (χ2n) is 13.6. The number of carbonyl (C=O) groups is 4. The van der Waals surface area contributed by atoms with E-state index in [2.05, 4.69) is 6.92 Å². The standard InChI is InChI=1S/C34H38O9/c1-31(2)24(16-25(35)40-5)33(4)22-11-13-32(3)23(15-26(36)42-27(32)20-12-14-41-18-20)21(22)17-34(39,29(33)38)30(31)43-28(37)19-9-7-6-8-10-19/h6-10,12,14,18,22,24,27,30,39H,11,13,15-17H2,1-5H3. The Bertz CT molecular complexity index is 1510. The summed E-state index contributed by atoms with van der Waals surface area (Å²) in [6.45, 7) is 7.57. The van der Waals surface area contributed by atoms with Crippen LogP contribution in [-0.4, -0.2) is 47.6 Å². The summed E-state index contributed by atoms with van der Waals surface area (Å²) < 4.78 is 22.4. The zero-order valence-corrected chi connectivity index (χ0v) is 25.2. The highest BCUT2D eigenvalue weighted by Crippen LogP contribution is 2.69. The molecule has 0 spiro atoms. The molecule has 1 N–H and O–H groups in total. The van der Waals surface area contributed by atoms with Crippen molar-refractivity contribution in [3.8, 4) is 0 Å². The van der Waals surface area contributed by atoms with Crippen LogP contribution in [0.5, 0.6) is 0 Å². The summed E-state index contributed by atoms with van der Waals surface area (Å²) in [5, 5.41) is 12.6. The van der Waals surface area contributed by atoms with Crippen molar-refractivity contribution in [1.29, 1.82) is 0 Å². The first-order valence-electron chi connectivity index (χ1n) is 14.8. The summed E-state index contributed by atoms with van der Waals surface area (Å²) in [7, 11) is 1.30. The zero-order chi connectivity index (χ0) is 30.9. The van der Waals surface area contributed by atoms with Crippen LogP contribution in [0.2, 0.25) is 0 Å². The smallest absolute Gasteiger partial charge is 0.338 e. The first-order valence-corrected chi connectivity index (χ1v) is 14.8. The lowest BCUT2D eigenvalue weighted by Gasteiger charge is -2.65. The van der Waals surface area contributed by atoms with E-state index < -0.39 is 63.7 Å². The van der Waals surface area contributed by atoms with Crippen LogP contribution in [0.4, 0.5) is 0 Å². The molecular weight excluding hydrogens is 552 g/mol. The number of esters is 3. The summed E-state index contributed by atoms with van der Waals surface area (Å²) in [4.78, 5) is 54.0. The second kappa shape index (κ2) is 9.91. The Morgan fingerprint density at radius 1 is 1.07 bits per heavy atom. The molecule has 6 rings (SSSR count). The molecule has 0 radical (unpaired) electrons. The van der Waals surface area contributed by atoms with Gasteiger partial charge in [-0.05, 0) is 48.4 Å². The summed E-state index contributed by atoms with van der Waals surface area (Å²) in [6, 6.07) is 10.2. The summed E-state index contributed by atoms with van der Waals surface area (Å²) in [6.07, 6.45) is 2.30. The topological polar surface area (TPSA) is 129 Å². The third-order valence-electron chi connectivity index (χ3n) is 11.1. The van der Waals surface area contributed by atoms with E-state index in [1.54, 1.807) is 42.7 Å². The predicted molar refractivity (Wildman–Crippen MR) is 152 cm³/mol. The highest BCUT2D eigenvalue weighted by molar-refractivity contribution is 5.98. The molecule has 228 valence electrons. The van der Waals surface area contributed by atoms with E-state index in [9.17, 15) is 24.3 Å². The minimum absolute atomic E-state index is 0.0244. The van der Waals surface area contributed by atoms with Crippen molar-refractivity contribution in [1.82, 2.24) is 0 Å². The predicted octanol–water partition coefficient (Wildman–Crippen LogP) is 5.14. The Morgan fingerprint density at radius 3 is 2.44 bits per heavy atom. The number of furan rings is 1. The number of carbonyl (C=O) groups excluding carboxylic acids is 4. The number of benzene rings is 1. The van der Waals surface area contributed by atoms with Crippen LogP contribution >= 0.6 is 0 Å². The zero-order valence-electron chi connectivity index (χ0n) is 25.2. The fourth-order valence-electron chi connectivity index (χ4n) is 9.05. The SMILES string of the molecule is COC(=O)CC1C(C)(C)C(OC(=O)c2ccccc2)C2(O)CC3=C4CC(=O)OC(c5ccoc5)C4(C)CCC3C1(C)C2=O. The first kappa shape index (κ1) is 29.4. The lowest BCUT2D eigenvalue weighted by molar-refractivity contribution is -0.226. The van der Waals surface area contributed by atoms with Gasteiger partial charge in [0.2, 0.25) is 0 Å². The molecule has 43 heavy (non-hydrogen) atoms. The molecule has 7 unspecified atom stereocenters. The summed E-state index contributed by atoms with van der Waals surface area (Å²) >= 11 is 0. The van der Waals surface area contributed by atoms with Crippen LogP contribution in [0.1, 0.15) is 81.8 Å². The van der Waals surface area contributed by atoms with E-state index in [0.29, 0.717) is 12.8 Å². The fraction of sp³-hybridized carbons (Fsp3) is 0.529. The number of ether oxygens (including phenoxy) is 3. The summed E-state index contributed by atoms with van der Waals surface area (Å²) in [5.41, 5.74) is -2.21. The van der Waals surface area contributed by atoms with Gasteiger partial charge in [0, 0.05) is 34.7 Å². The molecular formula is C34H38O9. The molecule has 3 fully saturated rings. The van der Waals surface area contributed by atoms with Crippen molar-refractivity contribution in [3.63, 3.8) is 0 Å². The van der Waals surface area contributed by atoms with Gasteiger partial charge in [-0.15, -0.1) is 0 Å². The number of aliphatic hydroxyl groups is 1. The van der Waals surface area contributed by atoms with Gasteiger partial charge in [0.25, 0.3) is 0 Å².